The second-order valence-electron chi connectivity index (χ2n) is 6.46. The molecule has 24 heavy (non-hydrogen) atoms. The average molecular weight is 356 g/mol. The largest absolute Gasteiger partial charge is 0.497 e. The summed E-state index contributed by atoms with van der Waals surface area (Å²) in [4.78, 5) is 2.58. The quantitative estimate of drug-likeness (QED) is 0.768. The fourth-order valence-electron chi connectivity index (χ4n) is 2.89. The first-order valence-electron chi connectivity index (χ1n) is 8.38. The molecule has 1 aliphatic rings. The number of hydrogen-bond donors (Lipinski definition) is 1. The topological polar surface area (TPSA) is 67.9 Å². The Hall–Kier alpha value is -1.15. The van der Waals surface area contributed by atoms with Gasteiger partial charge in [0.25, 0.3) is 0 Å². The van der Waals surface area contributed by atoms with Gasteiger partial charge in [0, 0.05) is 25.7 Å². The minimum Gasteiger partial charge on any atom is -0.497 e. The van der Waals surface area contributed by atoms with Crippen LogP contribution in [0.2, 0.25) is 0 Å². The molecule has 0 spiro atoms. The summed E-state index contributed by atoms with van der Waals surface area (Å²) in [6.45, 7) is 7.84. The lowest BCUT2D eigenvalue weighted by atomic mass is 10.0. The molecule has 136 valence electrons. The van der Waals surface area contributed by atoms with Crippen molar-refractivity contribution in [1.29, 1.82) is 0 Å². The molecule has 6 nitrogen and oxygen atoms in total. The van der Waals surface area contributed by atoms with E-state index >= 15 is 0 Å². The first-order valence-corrected chi connectivity index (χ1v) is 9.86. The lowest BCUT2D eigenvalue weighted by Crippen LogP contribution is -2.49. The van der Waals surface area contributed by atoms with Crippen LogP contribution in [0, 0.1) is 5.92 Å². The Morgan fingerprint density at radius 1 is 1.21 bits per heavy atom. The Kier molecular flexibility index (Phi) is 7.03. The van der Waals surface area contributed by atoms with Gasteiger partial charge < -0.3 is 9.47 Å². The number of nitrogens with one attached hydrogen (secondary N) is 1. The number of methoxy groups -OCH3 is 1. The summed E-state index contributed by atoms with van der Waals surface area (Å²) in [5.74, 6) is 1.14. The number of nitrogens with zero attached hydrogens (tertiary/aromatic N) is 1. The number of morpholine rings is 1. The zero-order valence-corrected chi connectivity index (χ0v) is 15.5. The molecule has 1 aromatic rings. The van der Waals surface area contributed by atoms with Crippen molar-refractivity contribution >= 4 is 10.0 Å². The van der Waals surface area contributed by atoms with E-state index in [1.54, 1.807) is 31.4 Å². The second kappa shape index (κ2) is 8.80. The maximum atomic E-state index is 12.5. The van der Waals surface area contributed by atoms with Gasteiger partial charge in [-0.05, 0) is 36.6 Å². The van der Waals surface area contributed by atoms with Crippen molar-refractivity contribution in [3.05, 3.63) is 24.3 Å². The molecule has 0 aromatic heterocycles. The number of ether oxygens (including phenoxy) is 2. The zero-order chi connectivity index (χ0) is 17.6. The van der Waals surface area contributed by atoms with E-state index in [0.717, 1.165) is 19.5 Å². The summed E-state index contributed by atoms with van der Waals surface area (Å²) in [6, 6.07) is 6.62. The van der Waals surface area contributed by atoms with E-state index in [9.17, 15) is 8.42 Å². The molecular weight excluding hydrogens is 328 g/mol. The fraction of sp³-hybridized carbons (Fsp3) is 0.647. The van der Waals surface area contributed by atoms with Crippen LogP contribution in [0.25, 0.3) is 0 Å². The smallest absolute Gasteiger partial charge is 0.240 e. The highest BCUT2D eigenvalue weighted by Gasteiger charge is 2.24. The molecule has 2 rings (SSSR count). The summed E-state index contributed by atoms with van der Waals surface area (Å²) >= 11 is 0. The highest BCUT2D eigenvalue weighted by Crippen LogP contribution is 2.17. The zero-order valence-electron chi connectivity index (χ0n) is 14.7. The minimum atomic E-state index is -3.52. The molecule has 0 radical (unpaired) electrons. The molecule has 0 aliphatic carbocycles. The maximum absolute atomic E-state index is 12.5. The molecular formula is C17H28N2O4S. The number of rotatable bonds is 8. The normalized spacial score (nSPS) is 17.8. The lowest BCUT2D eigenvalue weighted by molar-refractivity contribution is 0.0134. The molecule has 7 heteroatoms. The summed E-state index contributed by atoms with van der Waals surface area (Å²) in [5, 5.41) is 0. The van der Waals surface area contributed by atoms with Gasteiger partial charge >= 0.3 is 0 Å². The van der Waals surface area contributed by atoms with Crippen molar-refractivity contribution < 1.29 is 17.9 Å². The Balaban J connectivity index is 2.02. The van der Waals surface area contributed by atoms with E-state index in [4.69, 9.17) is 9.47 Å². The summed E-state index contributed by atoms with van der Waals surface area (Å²) < 4.78 is 38.3. The molecule has 0 bridgehead atoms. The molecule has 1 heterocycles. The van der Waals surface area contributed by atoms with Crippen LogP contribution in [0.15, 0.2) is 29.2 Å². The van der Waals surface area contributed by atoms with E-state index in [-0.39, 0.29) is 10.9 Å². The lowest BCUT2D eigenvalue weighted by Gasteiger charge is -2.35. The molecule has 1 aliphatic heterocycles. The van der Waals surface area contributed by atoms with Crippen LogP contribution in [-0.2, 0) is 14.8 Å². The van der Waals surface area contributed by atoms with Crippen molar-refractivity contribution in [2.24, 2.45) is 5.92 Å². The van der Waals surface area contributed by atoms with Gasteiger partial charge in [-0.1, -0.05) is 13.8 Å². The number of sulfonamides is 1. The number of hydrogen-bond acceptors (Lipinski definition) is 5. The standard InChI is InChI=1S/C17H28N2O4S/c1-14(2)12-15(19-8-10-23-11-9-19)13-18-24(20,21)17-6-4-16(22-3)5-7-17/h4-7,14-15,18H,8-13H2,1-3H3. The molecule has 1 aromatic carbocycles. The van der Waals surface area contributed by atoms with Crippen molar-refractivity contribution in [3.8, 4) is 5.75 Å². The van der Waals surface area contributed by atoms with Crippen LogP contribution < -0.4 is 9.46 Å². The third-order valence-electron chi connectivity index (χ3n) is 4.18. The third kappa shape index (κ3) is 5.44. The molecule has 1 fully saturated rings. The molecule has 1 N–H and O–H groups in total. The van der Waals surface area contributed by atoms with Gasteiger partial charge in [-0.3, -0.25) is 4.90 Å². The maximum Gasteiger partial charge on any atom is 0.240 e. The second-order valence-corrected chi connectivity index (χ2v) is 8.23. The van der Waals surface area contributed by atoms with Gasteiger partial charge in [0.1, 0.15) is 5.75 Å². The van der Waals surface area contributed by atoms with Crippen molar-refractivity contribution in [1.82, 2.24) is 9.62 Å². The first-order chi connectivity index (χ1) is 11.4. The van der Waals surface area contributed by atoms with Crippen LogP contribution in [0.4, 0.5) is 0 Å². The fourth-order valence-corrected chi connectivity index (χ4v) is 3.97. The molecule has 1 atom stereocenters. The Labute approximate surface area is 145 Å². The Morgan fingerprint density at radius 3 is 2.38 bits per heavy atom. The average Bonchev–Trinajstić information content (AvgIpc) is 2.59. The van der Waals surface area contributed by atoms with E-state index in [1.165, 1.54) is 0 Å². The van der Waals surface area contributed by atoms with Gasteiger partial charge in [-0.15, -0.1) is 0 Å². The van der Waals surface area contributed by atoms with Crippen LogP contribution in [0.1, 0.15) is 20.3 Å². The van der Waals surface area contributed by atoms with Gasteiger partial charge in [0.15, 0.2) is 0 Å². The predicted molar refractivity (Wildman–Crippen MR) is 93.8 cm³/mol. The van der Waals surface area contributed by atoms with Crippen LogP contribution in [-0.4, -0.2) is 59.3 Å². The molecule has 0 amide bonds. The van der Waals surface area contributed by atoms with E-state index in [0.29, 0.717) is 31.4 Å². The SMILES string of the molecule is COc1ccc(S(=O)(=O)NCC(CC(C)C)N2CCOCC2)cc1. The predicted octanol–water partition coefficient (Wildman–Crippen LogP) is 1.72. The summed E-state index contributed by atoms with van der Waals surface area (Å²) in [6.07, 6.45) is 0.950. The minimum absolute atomic E-state index is 0.182. The van der Waals surface area contributed by atoms with Crippen LogP contribution in [0.5, 0.6) is 5.75 Å². The van der Waals surface area contributed by atoms with Crippen LogP contribution >= 0.6 is 0 Å². The number of benzene rings is 1. The highest BCUT2D eigenvalue weighted by molar-refractivity contribution is 7.89. The van der Waals surface area contributed by atoms with Crippen molar-refractivity contribution in [3.63, 3.8) is 0 Å². The third-order valence-corrected chi connectivity index (χ3v) is 5.62. The highest BCUT2D eigenvalue weighted by atomic mass is 32.2. The van der Waals surface area contributed by atoms with Gasteiger partial charge in [0.05, 0.1) is 25.2 Å². The molecule has 0 saturated carbocycles. The van der Waals surface area contributed by atoms with E-state index in [2.05, 4.69) is 23.5 Å². The molecule has 1 saturated heterocycles. The monoisotopic (exact) mass is 356 g/mol. The summed E-state index contributed by atoms with van der Waals surface area (Å²) in [7, 11) is -1.96. The van der Waals surface area contributed by atoms with Gasteiger partial charge in [-0.25, -0.2) is 13.1 Å². The first kappa shape index (κ1) is 19.2. The Bertz CT molecular complexity index is 596. The van der Waals surface area contributed by atoms with Crippen molar-refractivity contribution in [2.75, 3.05) is 40.0 Å². The molecule has 1 unspecified atom stereocenters. The van der Waals surface area contributed by atoms with Crippen LogP contribution in [0.3, 0.4) is 0 Å². The van der Waals surface area contributed by atoms with Gasteiger partial charge in [0.2, 0.25) is 10.0 Å². The van der Waals surface area contributed by atoms with Crippen molar-refractivity contribution in [2.45, 2.75) is 31.2 Å². The van der Waals surface area contributed by atoms with Gasteiger partial charge in [-0.2, -0.15) is 0 Å². The Morgan fingerprint density at radius 2 is 1.83 bits per heavy atom. The van der Waals surface area contributed by atoms with E-state index < -0.39 is 10.0 Å². The summed E-state index contributed by atoms with van der Waals surface area (Å²) in [5.41, 5.74) is 0. The van der Waals surface area contributed by atoms with E-state index in [1.807, 2.05) is 0 Å².